The maximum atomic E-state index is 14.0. The molecule has 10 heteroatoms. The molecular formula is C14H14F4N4OS. The van der Waals surface area contributed by atoms with Gasteiger partial charge in [0.15, 0.2) is 10.8 Å². The number of carbonyl (C=O) groups excluding carboxylic acids is 1. The first-order chi connectivity index (χ1) is 11.3. The van der Waals surface area contributed by atoms with Gasteiger partial charge in [-0.05, 0) is 37.7 Å². The summed E-state index contributed by atoms with van der Waals surface area (Å²) in [5.74, 6) is -0.890. The number of halogens is 4. The third kappa shape index (κ3) is 3.86. The average molecular weight is 362 g/mol. The second-order valence-corrected chi connectivity index (χ2v) is 5.62. The molecule has 2 aromatic heterocycles. The number of nitrogens with zero attached hydrogens (tertiary/aromatic N) is 4. The van der Waals surface area contributed by atoms with E-state index in [1.54, 1.807) is 13.8 Å². The molecule has 0 radical (unpaired) electrons. The van der Waals surface area contributed by atoms with Gasteiger partial charge in [-0.2, -0.15) is 23.0 Å². The number of amides is 1. The molecule has 1 amide bonds. The highest BCUT2D eigenvalue weighted by atomic mass is 32.2. The smallest absolute Gasteiger partial charge is 0.323 e. The summed E-state index contributed by atoms with van der Waals surface area (Å²) >= 11 is 0.424. The minimum atomic E-state index is -4.62. The van der Waals surface area contributed by atoms with E-state index in [-0.39, 0.29) is 5.03 Å². The maximum Gasteiger partial charge on any atom is 0.419 e. The molecule has 0 saturated carbocycles. The number of hydrogen-bond donors (Lipinski definition) is 0. The van der Waals surface area contributed by atoms with Crippen LogP contribution in [0.1, 0.15) is 19.4 Å². The largest absolute Gasteiger partial charge is 0.419 e. The fraction of sp³-hybridized carbons (Fsp3) is 0.357. The molecule has 0 bridgehead atoms. The molecule has 0 aromatic carbocycles. The number of pyridine rings is 1. The van der Waals surface area contributed by atoms with E-state index < -0.39 is 28.6 Å². The Bertz CT molecular complexity index is 728. The Morgan fingerprint density at radius 3 is 2.54 bits per heavy atom. The standard InChI is InChI=1S/C14H14F4N4OS/c1-3-21(4-2)13(23)22-8-10(15)12(20-22)24-11-9(14(16,17)18)6-5-7-19-11/h5-8H,3-4H2,1-2H3. The highest BCUT2D eigenvalue weighted by Gasteiger charge is 2.34. The van der Waals surface area contributed by atoms with Crippen LogP contribution in [-0.4, -0.2) is 38.8 Å². The zero-order chi connectivity index (χ0) is 17.9. The van der Waals surface area contributed by atoms with Crippen molar-refractivity contribution in [2.45, 2.75) is 30.1 Å². The molecule has 130 valence electrons. The highest BCUT2D eigenvalue weighted by molar-refractivity contribution is 7.99. The lowest BCUT2D eigenvalue weighted by Crippen LogP contribution is -2.34. The van der Waals surface area contributed by atoms with Gasteiger partial charge in [-0.3, -0.25) is 0 Å². The molecule has 0 atom stereocenters. The zero-order valence-electron chi connectivity index (χ0n) is 12.8. The van der Waals surface area contributed by atoms with Crippen LogP contribution in [0.25, 0.3) is 0 Å². The summed E-state index contributed by atoms with van der Waals surface area (Å²) in [5, 5.41) is 2.98. The van der Waals surface area contributed by atoms with Crippen molar-refractivity contribution in [2.75, 3.05) is 13.1 Å². The zero-order valence-corrected chi connectivity index (χ0v) is 13.7. The molecule has 2 rings (SSSR count). The Morgan fingerprint density at radius 1 is 1.29 bits per heavy atom. The minimum Gasteiger partial charge on any atom is -0.323 e. The first kappa shape index (κ1) is 18.2. The van der Waals surface area contributed by atoms with Crippen LogP contribution in [0, 0.1) is 5.82 Å². The van der Waals surface area contributed by atoms with E-state index in [0.29, 0.717) is 24.9 Å². The first-order valence-electron chi connectivity index (χ1n) is 7.02. The van der Waals surface area contributed by atoms with Crippen molar-refractivity contribution in [2.24, 2.45) is 0 Å². The summed E-state index contributed by atoms with van der Waals surface area (Å²) in [7, 11) is 0. The van der Waals surface area contributed by atoms with Crippen molar-refractivity contribution < 1.29 is 22.4 Å². The molecule has 24 heavy (non-hydrogen) atoms. The number of carbonyl (C=O) groups is 1. The topological polar surface area (TPSA) is 51.0 Å². The molecule has 0 aliphatic heterocycles. The van der Waals surface area contributed by atoms with Crippen molar-refractivity contribution in [1.82, 2.24) is 19.7 Å². The van der Waals surface area contributed by atoms with Gasteiger partial charge in [0.25, 0.3) is 0 Å². The summed E-state index contributed by atoms with van der Waals surface area (Å²) in [4.78, 5) is 17.1. The Labute approximate surface area is 139 Å². The Kier molecular flexibility index (Phi) is 5.47. The number of alkyl halides is 3. The summed E-state index contributed by atoms with van der Waals surface area (Å²) in [6, 6.07) is 1.44. The molecular weight excluding hydrogens is 348 g/mol. The van der Waals surface area contributed by atoms with E-state index in [2.05, 4.69) is 10.1 Å². The van der Waals surface area contributed by atoms with Gasteiger partial charge >= 0.3 is 12.2 Å². The van der Waals surface area contributed by atoms with Crippen LogP contribution in [0.2, 0.25) is 0 Å². The molecule has 0 aliphatic rings. The van der Waals surface area contributed by atoms with Crippen LogP contribution in [0.15, 0.2) is 34.6 Å². The molecule has 0 spiro atoms. The van der Waals surface area contributed by atoms with Gasteiger partial charge < -0.3 is 4.90 Å². The molecule has 2 aromatic rings. The molecule has 2 heterocycles. The fourth-order valence-corrected chi connectivity index (χ4v) is 2.79. The van der Waals surface area contributed by atoms with Gasteiger partial charge in [0, 0.05) is 19.3 Å². The van der Waals surface area contributed by atoms with Crippen LogP contribution in [0.3, 0.4) is 0 Å². The van der Waals surface area contributed by atoms with Crippen molar-refractivity contribution in [1.29, 1.82) is 0 Å². The highest BCUT2D eigenvalue weighted by Crippen LogP contribution is 2.38. The van der Waals surface area contributed by atoms with Gasteiger partial charge in [0.05, 0.1) is 11.8 Å². The van der Waals surface area contributed by atoms with Crippen molar-refractivity contribution in [3.63, 3.8) is 0 Å². The van der Waals surface area contributed by atoms with Crippen LogP contribution < -0.4 is 0 Å². The third-order valence-corrected chi connectivity index (χ3v) is 4.13. The van der Waals surface area contributed by atoms with Gasteiger partial charge in [0.1, 0.15) is 5.03 Å². The van der Waals surface area contributed by atoms with Gasteiger partial charge in [-0.15, -0.1) is 0 Å². The van der Waals surface area contributed by atoms with E-state index in [0.717, 1.165) is 23.0 Å². The van der Waals surface area contributed by atoms with Crippen LogP contribution >= 0.6 is 11.8 Å². The second-order valence-electron chi connectivity index (χ2n) is 4.64. The quantitative estimate of drug-likeness (QED) is 0.774. The average Bonchev–Trinajstić information content (AvgIpc) is 2.89. The molecule has 0 aliphatic carbocycles. The normalized spacial score (nSPS) is 11.6. The minimum absolute atomic E-state index is 0.347. The summed E-state index contributed by atoms with van der Waals surface area (Å²) in [6.45, 7) is 4.30. The Balaban J connectivity index is 2.32. The van der Waals surface area contributed by atoms with E-state index in [4.69, 9.17) is 0 Å². The SMILES string of the molecule is CCN(CC)C(=O)n1cc(F)c(Sc2ncccc2C(F)(F)F)n1. The fourth-order valence-electron chi connectivity index (χ4n) is 1.92. The first-order valence-corrected chi connectivity index (χ1v) is 7.84. The van der Waals surface area contributed by atoms with Gasteiger partial charge in [-0.25, -0.2) is 14.2 Å². The van der Waals surface area contributed by atoms with E-state index in [1.165, 1.54) is 11.1 Å². The Hall–Kier alpha value is -2.10. The van der Waals surface area contributed by atoms with E-state index in [1.807, 2.05) is 0 Å². The lowest BCUT2D eigenvalue weighted by Gasteiger charge is -2.17. The van der Waals surface area contributed by atoms with Gasteiger partial charge in [0.2, 0.25) is 0 Å². The van der Waals surface area contributed by atoms with Gasteiger partial charge in [-0.1, -0.05) is 0 Å². The van der Waals surface area contributed by atoms with E-state index >= 15 is 0 Å². The number of rotatable bonds is 4. The molecule has 0 N–H and O–H groups in total. The summed E-state index contributed by atoms with van der Waals surface area (Å²) < 4.78 is 53.6. The molecule has 0 unspecified atom stereocenters. The lowest BCUT2D eigenvalue weighted by molar-refractivity contribution is -0.140. The maximum absolute atomic E-state index is 14.0. The van der Waals surface area contributed by atoms with Crippen LogP contribution in [-0.2, 0) is 6.18 Å². The van der Waals surface area contributed by atoms with Crippen molar-refractivity contribution in [3.05, 3.63) is 35.9 Å². The van der Waals surface area contributed by atoms with Crippen LogP contribution in [0.5, 0.6) is 0 Å². The lowest BCUT2D eigenvalue weighted by atomic mass is 10.3. The second kappa shape index (κ2) is 7.20. The molecule has 0 saturated heterocycles. The van der Waals surface area contributed by atoms with E-state index in [9.17, 15) is 22.4 Å². The number of aromatic nitrogens is 3. The molecule has 0 fully saturated rings. The predicted molar refractivity (Wildman–Crippen MR) is 79.3 cm³/mol. The Morgan fingerprint density at radius 2 is 1.96 bits per heavy atom. The third-order valence-electron chi connectivity index (χ3n) is 3.14. The summed E-state index contributed by atoms with van der Waals surface area (Å²) in [5.41, 5.74) is -0.987. The monoisotopic (exact) mass is 362 g/mol. The molecule has 5 nitrogen and oxygen atoms in total. The van der Waals surface area contributed by atoms with Crippen LogP contribution in [0.4, 0.5) is 22.4 Å². The van der Waals surface area contributed by atoms with Crippen molar-refractivity contribution >= 4 is 17.8 Å². The number of hydrogen-bond acceptors (Lipinski definition) is 4. The van der Waals surface area contributed by atoms with Crippen molar-refractivity contribution in [3.8, 4) is 0 Å². The predicted octanol–water partition coefficient (Wildman–Crippen LogP) is 3.90. The summed E-state index contributed by atoms with van der Waals surface area (Å²) in [6.07, 6.45) is -2.60.